The van der Waals surface area contributed by atoms with Crippen molar-refractivity contribution in [2.45, 2.75) is 63.6 Å². The van der Waals surface area contributed by atoms with E-state index >= 15 is 0 Å². The summed E-state index contributed by atoms with van der Waals surface area (Å²) < 4.78 is 0. The van der Waals surface area contributed by atoms with Gasteiger partial charge in [-0.05, 0) is 42.4 Å². The zero-order valence-corrected chi connectivity index (χ0v) is 14.6. The van der Waals surface area contributed by atoms with E-state index in [9.17, 15) is 0 Å². The Kier molecular flexibility index (Phi) is 3.85. The van der Waals surface area contributed by atoms with E-state index in [1.54, 1.807) is 5.56 Å². The van der Waals surface area contributed by atoms with Crippen molar-refractivity contribution in [1.82, 2.24) is 0 Å². The number of allylic oxidation sites excluding steroid dienone is 1. The molecule has 0 bridgehead atoms. The highest BCUT2D eigenvalue weighted by atomic mass is 35.6. The lowest BCUT2D eigenvalue weighted by Gasteiger charge is -2.27. The van der Waals surface area contributed by atoms with Gasteiger partial charge in [0.15, 0.2) is 7.38 Å². The summed E-state index contributed by atoms with van der Waals surface area (Å²) in [5.74, 6) is 0.779. The van der Waals surface area contributed by atoms with Gasteiger partial charge in [0, 0.05) is 5.54 Å². The number of hydrogen-bond acceptors (Lipinski definition) is 0. The monoisotopic (exact) mass is 304 g/mol. The Morgan fingerprint density at radius 2 is 1.70 bits per heavy atom. The average molecular weight is 305 g/mol. The van der Waals surface area contributed by atoms with Crippen LogP contribution in [0.4, 0.5) is 0 Å². The molecule has 1 aromatic rings. The van der Waals surface area contributed by atoms with Crippen molar-refractivity contribution in [3.05, 3.63) is 40.5 Å². The Balaban J connectivity index is 2.03. The zero-order chi connectivity index (χ0) is 14.3. The van der Waals surface area contributed by atoms with Crippen LogP contribution in [0.3, 0.4) is 0 Å². The fourth-order valence-electron chi connectivity index (χ4n) is 4.26. The molecular weight excluding hydrogens is 280 g/mol. The molecule has 2 heteroatoms. The zero-order valence-electron chi connectivity index (χ0n) is 12.9. The van der Waals surface area contributed by atoms with Crippen LogP contribution in [0.2, 0.25) is 13.1 Å². The van der Waals surface area contributed by atoms with Gasteiger partial charge in [-0.25, -0.2) is 0 Å². The number of rotatable bonds is 2. The van der Waals surface area contributed by atoms with Gasteiger partial charge in [-0.15, -0.1) is 0 Å². The molecule has 0 spiro atoms. The topological polar surface area (TPSA) is 0 Å². The van der Waals surface area contributed by atoms with Crippen molar-refractivity contribution in [2.75, 3.05) is 0 Å². The number of benzene rings is 1. The highest BCUT2D eigenvalue weighted by Crippen LogP contribution is 2.47. The molecule has 1 unspecified atom stereocenters. The molecule has 0 saturated heterocycles. The van der Waals surface area contributed by atoms with E-state index < -0.39 is 7.38 Å². The predicted octanol–water partition coefficient (Wildman–Crippen LogP) is 6.22. The van der Waals surface area contributed by atoms with Crippen LogP contribution in [0, 0.1) is 0 Å². The largest absolute Gasteiger partial charge is 0.167 e. The highest BCUT2D eigenvalue weighted by Gasteiger charge is 2.38. The first-order chi connectivity index (χ1) is 9.48. The molecule has 1 saturated carbocycles. The Morgan fingerprint density at radius 1 is 1.05 bits per heavy atom. The summed E-state index contributed by atoms with van der Waals surface area (Å²) in [5.41, 5.74) is 6.61. The summed E-state index contributed by atoms with van der Waals surface area (Å²) in [5, 5.41) is 0. The van der Waals surface area contributed by atoms with E-state index in [4.69, 9.17) is 11.1 Å². The second-order valence-electron chi connectivity index (χ2n) is 7.07. The maximum atomic E-state index is 6.80. The van der Waals surface area contributed by atoms with Crippen molar-refractivity contribution >= 4 is 24.5 Å². The molecule has 0 heterocycles. The van der Waals surface area contributed by atoms with Crippen LogP contribution in [0.15, 0.2) is 23.8 Å². The molecule has 108 valence electrons. The third-order valence-electron chi connectivity index (χ3n) is 5.04. The first-order valence-electron chi connectivity index (χ1n) is 7.98. The van der Waals surface area contributed by atoms with E-state index in [2.05, 4.69) is 44.3 Å². The van der Waals surface area contributed by atoms with Gasteiger partial charge in [-0.2, -0.15) is 11.1 Å². The van der Waals surface area contributed by atoms with Crippen LogP contribution in [-0.4, -0.2) is 7.38 Å². The van der Waals surface area contributed by atoms with Crippen molar-refractivity contribution in [2.24, 2.45) is 0 Å². The SMILES string of the molecule is CC1=Cc2c(C3CCCCC3)cccc2C1[Si](C)(C)Cl. The molecule has 3 rings (SSSR count). The van der Waals surface area contributed by atoms with Crippen molar-refractivity contribution in [1.29, 1.82) is 0 Å². The molecule has 0 N–H and O–H groups in total. The molecule has 2 aliphatic rings. The molecule has 0 aliphatic heterocycles. The molecular formula is C18H25ClSi. The summed E-state index contributed by atoms with van der Waals surface area (Å²) in [7, 11) is -1.71. The number of fused-ring (bicyclic) bond motifs is 1. The standard InChI is InChI=1S/C18H25ClSi/c1-13-12-17-15(14-8-5-4-6-9-14)10-7-11-16(17)18(13)20(2,3)19/h7,10-12,14,18H,4-6,8-9H2,1-3H3. The molecule has 0 nitrogen and oxygen atoms in total. The molecule has 1 atom stereocenters. The lowest BCUT2D eigenvalue weighted by Crippen LogP contribution is -2.28. The summed E-state index contributed by atoms with van der Waals surface area (Å²) in [4.78, 5) is 0. The smallest absolute Gasteiger partial charge is 0.161 e. The molecule has 2 aliphatic carbocycles. The summed E-state index contributed by atoms with van der Waals surface area (Å²) in [6, 6.07) is 6.94. The Morgan fingerprint density at radius 3 is 2.35 bits per heavy atom. The van der Waals surface area contributed by atoms with Gasteiger partial charge in [0.05, 0.1) is 0 Å². The maximum absolute atomic E-state index is 6.80. The fourth-order valence-corrected chi connectivity index (χ4v) is 7.28. The summed E-state index contributed by atoms with van der Waals surface area (Å²) in [6.45, 7) is 6.82. The first-order valence-corrected chi connectivity index (χ1v) is 12.1. The van der Waals surface area contributed by atoms with Gasteiger partial charge in [0.25, 0.3) is 0 Å². The Hall–Kier alpha value is -0.533. The molecule has 20 heavy (non-hydrogen) atoms. The van der Waals surface area contributed by atoms with Crippen molar-refractivity contribution in [3.63, 3.8) is 0 Å². The van der Waals surface area contributed by atoms with Gasteiger partial charge in [0.1, 0.15) is 0 Å². The average Bonchev–Trinajstić information content (AvgIpc) is 2.75. The van der Waals surface area contributed by atoms with Crippen LogP contribution in [0.1, 0.15) is 67.2 Å². The van der Waals surface area contributed by atoms with E-state index in [1.165, 1.54) is 48.8 Å². The number of halogens is 1. The van der Waals surface area contributed by atoms with E-state index in [1.807, 2.05) is 0 Å². The quantitative estimate of drug-likeness (QED) is 0.449. The van der Waals surface area contributed by atoms with Gasteiger partial charge in [-0.3, -0.25) is 0 Å². The predicted molar refractivity (Wildman–Crippen MR) is 92.0 cm³/mol. The van der Waals surface area contributed by atoms with Crippen LogP contribution in [0.25, 0.3) is 6.08 Å². The van der Waals surface area contributed by atoms with E-state index in [-0.39, 0.29) is 0 Å². The van der Waals surface area contributed by atoms with Gasteiger partial charge in [0.2, 0.25) is 0 Å². The maximum Gasteiger partial charge on any atom is 0.161 e. The third-order valence-corrected chi connectivity index (χ3v) is 7.84. The molecule has 1 fully saturated rings. The van der Waals surface area contributed by atoms with E-state index in [0.717, 1.165) is 5.92 Å². The van der Waals surface area contributed by atoms with Crippen LogP contribution >= 0.6 is 11.1 Å². The molecule has 1 aromatic carbocycles. The summed E-state index contributed by atoms with van der Waals surface area (Å²) >= 11 is 6.80. The minimum Gasteiger partial charge on any atom is -0.167 e. The lowest BCUT2D eigenvalue weighted by atomic mass is 9.81. The molecule has 0 amide bonds. The second kappa shape index (κ2) is 5.34. The van der Waals surface area contributed by atoms with Crippen molar-refractivity contribution in [3.8, 4) is 0 Å². The lowest BCUT2D eigenvalue weighted by molar-refractivity contribution is 0.443. The van der Waals surface area contributed by atoms with Crippen LogP contribution < -0.4 is 0 Å². The van der Waals surface area contributed by atoms with Crippen LogP contribution in [-0.2, 0) is 0 Å². The van der Waals surface area contributed by atoms with Gasteiger partial charge in [-0.1, -0.05) is 62.2 Å². The van der Waals surface area contributed by atoms with Crippen molar-refractivity contribution < 1.29 is 0 Å². The third kappa shape index (κ3) is 2.51. The summed E-state index contributed by atoms with van der Waals surface area (Å²) in [6.07, 6.45) is 9.39. The first kappa shape index (κ1) is 14.4. The molecule has 0 aromatic heterocycles. The second-order valence-corrected chi connectivity index (χ2v) is 13.7. The van der Waals surface area contributed by atoms with E-state index in [0.29, 0.717) is 5.54 Å². The highest BCUT2D eigenvalue weighted by molar-refractivity contribution is 7.20. The van der Waals surface area contributed by atoms with Gasteiger partial charge < -0.3 is 0 Å². The number of hydrogen-bond donors (Lipinski definition) is 0. The normalized spacial score (nSPS) is 23.6. The molecule has 0 radical (unpaired) electrons. The Bertz CT molecular complexity index is 533. The fraction of sp³-hybridized carbons (Fsp3) is 0.556. The van der Waals surface area contributed by atoms with Crippen LogP contribution in [0.5, 0.6) is 0 Å². The Labute approximate surface area is 128 Å². The van der Waals surface area contributed by atoms with Gasteiger partial charge >= 0.3 is 0 Å². The minimum atomic E-state index is -1.71. The minimum absolute atomic E-state index is 0.503.